The fraction of sp³-hybridized carbons (Fsp3) is 0.278. The maximum atomic E-state index is 12.6. The topological polar surface area (TPSA) is 81.3 Å². The Kier molecular flexibility index (Phi) is 5.34. The SMILES string of the molecule is CCOC(=O)C1=C(CCl)Oc2nc(C)[nH]c(=O)c2C1c1ccc(Cl)cc1. The van der Waals surface area contributed by atoms with Crippen LogP contribution in [0.15, 0.2) is 40.4 Å². The molecule has 1 atom stereocenters. The smallest absolute Gasteiger partial charge is 0.338 e. The Morgan fingerprint density at radius 1 is 1.35 bits per heavy atom. The Bertz CT molecular complexity index is 935. The number of allylic oxidation sites excluding steroid dienone is 1. The molecule has 8 heteroatoms. The van der Waals surface area contributed by atoms with Crippen LogP contribution in [0.25, 0.3) is 0 Å². The molecule has 1 unspecified atom stereocenters. The van der Waals surface area contributed by atoms with E-state index in [1.807, 2.05) is 0 Å². The van der Waals surface area contributed by atoms with Gasteiger partial charge in [-0.15, -0.1) is 11.6 Å². The normalized spacial score (nSPS) is 16.1. The summed E-state index contributed by atoms with van der Waals surface area (Å²) in [5.74, 6) is -0.623. The number of aromatic amines is 1. The Morgan fingerprint density at radius 2 is 2.04 bits per heavy atom. The summed E-state index contributed by atoms with van der Waals surface area (Å²) in [6.07, 6.45) is 0. The molecule has 3 rings (SSSR count). The highest BCUT2D eigenvalue weighted by atomic mass is 35.5. The summed E-state index contributed by atoms with van der Waals surface area (Å²) in [6, 6.07) is 6.86. The van der Waals surface area contributed by atoms with Gasteiger partial charge in [-0.1, -0.05) is 23.7 Å². The lowest BCUT2D eigenvalue weighted by Gasteiger charge is -2.28. The molecule has 0 bridgehead atoms. The summed E-state index contributed by atoms with van der Waals surface area (Å²) in [5.41, 5.74) is 0.714. The van der Waals surface area contributed by atoms with Crippen LogP contribution in [0.5, 0.6) is 5.88 Å². The van der Waals surface area contributed by atoms with Gasteiger partial charge in [-0.2, -0.15) is 4.98 Å². The van der Waals surface area contributed by atoms with E-state index in [0.29, 0.717) is 16.4 Å². The van der Waals surface area contributed by atoms with Crippen LogP contribution in [0, 0.1) is 6.92 Å². The fourth-order valence-corrected chi connectivity index (χ4v) is 3.23. The van der Waals surface area contributed by atoms with Gasteiger partial charge < -0.3 is 14.5 Å². The number of nitrogens with zero attached hydrogens (tertiary/aromatic N) is 1. The molecule has 0 amide bonds. The van der Waals surface area contributed by atoms with Gasteiger partial charge in [-0.05, 0) is 31.5 Å². The maximum absolute atomic E-state index is 12.6. The van der Waals surface area contributed by atoms with Crippen molar-refractivity contribution in [1.82, 2.24) is 9.97 Å². The number of carbonyl (C=O) groups is 1. The van der Waals surface area contributed by atoms with E-state index in [-0.39, 0.29) is 40.8 Å². The largest absolute Gasteiger partial charge is 0.463 e. The average molecular weight is 395 g/mol. The van der Waals surface area contributed by atoms with E-state index in [1.54, 1.807) is 38.1 Å². The number of hydrogen-bond donors (Lipinski definition) is 1. The van der Waals surface area contributed by atoms with E-state index >= 15 is 0 Å². The molecular formula is C18H16Cl2N2O4. The zero-order chi connectivity index (χ0) is 18.8. The first-order chi connectivity index (χ1) is 12.5. The van der Waals surface area contributed by atoms with Crippen molar-refractivity contribution in [1.29, 1.82) is 0 Å². The number of H-pyrrole nitrogens is 1. The Morgan fingerprint density at radius 3 is 2.65 bits per heavy atom. The second-order valence-corrected chi connectivity index (χ2v) is 6.35. The van der Waals surface area contributed by atoms with E-state index in [1.165, 1.54) is 0 Å². The van der Waals surface area contributed by atoms with Crippen LogP contribution in [0.1, 0.15) is 29.8 Å². The molecule has 1 N–H and O–H groups in total. The predicted octanol–water partition coefficient (Wildman–Crippen LogP) is 3.31. The van der Waals surface area contributed by atoms with Crippen LogP contribution in [-0.2, 0) is 9.53 Å². The van der Waals surface area contributed by atoms with Crippen molar-refractivity contribution >= 4 is 29.2 Å². The van der Waals surface area contributed by atoms with Gasteiger partial charge in [0.05, 0.1) is 29.5 Å². The van der Waals surface area contributed by atoms with Crippen LogP contribution < -0.4 is 10.3 Å². The zero-order valence-corrected chi connectivity index (χ0v) is 15.6. The quantitative estimate of drug-likeness (QED) is 0.635. The first kappa shape index (κ1) is 18.5. The zero-order valence-electron chi connectivity index (χ0n) is 14.1. The standard InChI is InChI=1S/C18H16Cl2N2O4/c1-3-25-18(24)14-12(8-19)26-17-15(16(23)21-9(2)22-17)13(14)10-4-6-11(20)7-5-10/h4-7,13H,3,8H2,1-2H3,(H,21,22,23). The van der Waals surface area contributed by atoms with E-state index < -0.39 is 11.9 Å². The molecule has 0 saturated carbocycles. The molecule has 6 nitrogen and oxygen atoms in total. The highest BCUT2D eigenvalue weighted by Crippen LogP contribution is 2.41. The second-order valence-electron chi connectivity index (χ2n) is 5.65. The van der Waals surface area contributed by atoms with Crippen molar-refractivity contribution in [3.05, 3.63) is 67.9 Å². The Hall–Kier alpha value is -2.31. The first-order valence-corrected chi connectivity index (χ1v) is 8.87. The molecule has 0 aliphatic carbocycles. The van der Waals surface area contributed by atoms with Gasteiger partial charge in [0, 0.05) is 5.02 Å². The molecule has 0 saturated heterocycles. The number of halogens is 2. The monoisotopic (exact) mass is 394 g/mol. The summed E-state index contributed by atoms with van der Waals surface area (Å²) >= 11 is 12.0. The molecular weight excluding hydrogens is 379 g/mol. The highest BCUT2D eigenvalue weighted by molar-refractivity contribution is 6.30. The summed E-state index contributed by atoms with van der Waals surface area (Å²) in [6.45, 7) is 3.53. The molecule has 2 heterocycles. The number of aryl methyl sites for hydroxylation is 1. The molecule has 0 spiro atoms. The molecule has 26 heavy (non-hydrogen) atoms. The van der Waals surface area contributed by atoms with Crippen molar-refractivity contribution in [2.75, 3.05) is 12.5 Å². The van der Waals surface area contributed by atoms with Gasteiger partial charge in [0.15, 0.2) is 0 Å². The summed E-state index contributed by atoms with van der Waals surface area (Å²) in [7, 11) is 0. The first-order valence-electron chi connectivity index (χ1n) is 7.96. The van der Waals surface area contributed by atoms with Crippen LogP contribution in [0.2, 0.25) is 5.02 Å². The molecule has 1 aromatic heterocycles. The third-order valence-electron chi connectivity index (χ3n) is 3.96. The van der Waals surface area contributed by atoms with Gasteiger partial charge in [-0.3, -0.25) is 4.79 Å². The van der Waals surface area contributed by atoms with Crippen molar-refractivity contribution < 1.29 is 14.3 Å². The van der Waals surface area contributed by atoms with Gasteiger partial charge in [0.25, 0.3) is 5.56 Å². The molecule has 136 valence electrons. The van der Waals surface area contributed by atoms with Crippen molar-refractivity contribution in [2.45, 2.75) is 19.8 Å². The number of ether oxygens (including phenoxy) is 2. The number of esters is 1. The maximum Gasteiger partial charge on any atom is 0.338 e. The lowest BCUT2D eigenvalue weighted by molar-refractivity contribution is -0.139. The van der Waals surface area contributed by atoms with E-state index in [9.17, 15) is 9.59 Å². The molecule has 1 aliphatic rings. The minimum atomic E-state index is -0.722. The lowest BCUT2D eigenvalue weighted by Crippen LogP contribution is -2.31. The van der Waals surface area contributed by atoms with Crippen molar-refractivity contribution in [3.8, 4) is 5.88 Å². The Balaban J connectivity index is 2.29. The molecule has 1 aliphatic heterocycles. The van der Waals surface area contributed by atoms with Crippen LogP contribution in [0.3, 0.4) is 0 Å². The summed E-state index contributed by atoms with van der Waals surface area (Å²) in [4.78, 5) is 32.2. The number of aromatic nitrogens is 2. The molecule has 0 fully saturated rings. The minimum absolute atomic E-state index is 0.0643. The van der Waals surface area contributed by atoms with Crippen molar-refractivity contribution in [3.63, 3.8) is 0 Å². The van der Waals surface area contributed by atoms with Gasteiger partial charge in [-0.25, -0.2) is 4.79 Å². The number of benzene rings is 1. The van der Waals surface area contributed by atoms with E-state index in [4.69, 9.17) is 32.7 Å². The number of fused-ring (bicyclic) bond motifs is 1. The molecule has 1 aromatic carbocycles. The summed E-state index contributed by atoms with van der Waals surface area (Å²) < 4.78 is 10.9. The number of carbonyl (C=O) groups excluding carboxylic acids is 1. The Labute approximate surface area is 159 Å². The number of hydrogen-bond acceptors (Lipinski definition) is 5. The van der Waals surface area contributed by atoms with Gasteiger partial charge in [0.2, 0.25) is 5.88 Å². The third kappa shape index (κ3) is 3.34. The third-order valence-corrected chi connectivity index (χ3v) is 4.45. The number of rotatable bonds is 4. The van der Waals surface area contributed by atoms with E-state index in [0.717, 1.165) is 0 Å². The van der Waals surface area contributed by atoms with Gasteiger partial charge >= 0.3 is 5.97 Å². The lowest BCUT2D eigenvalue weighted by atomic mass is 9.83. The number of alkyl halides is 1. The molecule has 2 aromatic rings. The van der Waals surface area contributed by atoms with Crippen molar-refractivity contribution in [2.24, 2.45) is 0 Å². The number of nitrogens with one attached hydrogen (secondary N) is 1. The second kappa shape index (κ2) is 7.51. The molecule has 0 radical (unpaired) electrons. The van der Waals surface area contributed by atoms with E-state index in [2.05, 4.69) is 9.97 Å². The van der Waals surface area contributed by atoms with Gasteiger partial charge in [0.1, 0.15) is 11.6 Å². The highest BCUT2D eigenvalue weighted by Gasteiger charge is 2.38. The van der Waals surface area contributed by atoms with Crippen LogP contribution >= 0.6 is 23.2 Å². The summed E-state index contributed by atoms with van der Waals surface area (Å²) in [5, 5.41) is 0.538. The van der Waals surface area contributed by atoms with Crippen LogP contribution in [0.4, 0.5) is 0 Å². The van der Waals surface area contributed by atoms with Crippen LogP contribution in [-0.4, -0.2) is 28.4 Å². The fourth-order valence-electron chi connectivity index (χ4n) is 2.91. The minimum Gasteiger partial charge on any atom is -0.463 e. The predicted molar refractivity (Wildman–Crippen MR) is 97.9 cm³/mol. The average Bonchev–Trinajstić information content (AvgIpc) is 2.60.